The minimum atomic E-state index is -0.101. The van der Waals surface area contributed by atoms with Crippen LogP contribution in [0.15, 0.2) is 0 Å². The third-order valence-electron chi connectivity index (χ3n) is 5.07. The zero-order valence-corrected chi connectivity index (χ0v) is 13.1. The molecule has 2 aliphatic carbocycles. The predicted octanol–water partition coefficient (Wildman–Crippen LogP) is 4.43. The van der Waals surface area contributed by atoms with Crippen LogP contribution in [0.2, 0.25) is 0 Å². The summed E-state index contributed by atoms with van der Waals surface area (Å²) in [4.78, 5) is 12.9. The fourth-order valence-electron chi connectivity index (χ4n) is 4.12. The number of nitrogens with one attached hydrogen (secondary N) is 1. The highest BCUT2D eigenvalue weighted by molar-refractivity contribution is 5.83. The largest absolute Gasteiger partial charge is 0.351 e. The zero-order chi connectivity index (χ0) is 13.9. The van der Waals surface area contributed by atoms with E-state index in [0.717, 1.165) is 12.8 Å². The van der Waals surface area contributed by atoms with E-state index in [1.165, 1.54) is 51.4 Å². The van der Waals surface area contributed by atoms with Gasteiger partial charge >= 0.3 is 0 Å². The van der Waals surface area contributed by atoms with Crippen molar-refractivity contribution in [2.75, 3.05) is 0 Å². The molecule has 0 bridgehead atoms. The highest BCUT2D eigenvalue weighted by Crippen LogP contribution is 2.48. The molecule has 0 unspecified atom stereocenters. The molecule has 2 aliphatic rings. The summed E-state index contributed by atoms with van der Waals surface area (Å²) < 4.78 is 0. The van der Waals surface area contributed by atoms with E-state index in [1.807, 2.05) is 0 Å². The standard InChI is InChI=1S/C17H31NO/c1-16(2,3)18-15(19)17(12-8-5-9-13-17)14-10-6-4-7-11-14/h14H,4-13H2,1-3H3,(H,18,19). The molecule has 2 rings (SSSR count). The second-order valence-corrected chi connectivity index (χ2v) is 7.76. The van der Waals surface area contributed by atoms with Crippen LogP contribution in [0.25, 0.3) is 0 Å². The van der Waals surface area contributed by atoms with E-state index in [0.29, 0.717) is 11.8 Å². The maximum Gasteiger partial charge on any atom is 0.226 e. The van der Waals surface area contributed by atoms with Crippen molar-refractivity contribution < 1.29 is 4.79 Å². The lowest BCUT2D eigenvalue weighted by atomic mass is 9.61. The summed E-state index contributed by atoms with van der Waals surface area (Å²) in [6.07, 6.45) is 12.6. The van der Waals surface area contributed by atoms with Crippen LogP contribution >= 0.6 is 0 Å². The van der Waals surface area contributed by atoms with Gasteiger partial charge in [-0.2, -0.15) is 0 Å². The van der Waals surface area contributed by atoms with Crippen molar-refractivity contribution in [3.63, 3.8) is 0 Å². The molecule has 0 atom stereocenters. The number of hydrogen-bond acceptors (Lipinski definition) is 1. The molecule has 0 aromatic carbocycles. The Balaban J connectivity index is 2.15. The lowest BCUT2D eigenvalue weighted by Gasteiger charge is -2.45. The average Bonchev–Trinajstić information content (AvgIpc) is 2.38. The third-order valence-corrected chi connectivity index (χ3v) is 5.07. The van der Waals surface area contributed by atoms with E-state index < -0.39 is 0 Å². The van der Waals surface area contributed by atoms with Crippen molar-refractivity contribution in [3.8, 4) is 0 Å². The number of rotatable bonds is 2. The highest BCUT2D eigenvalue weighted by Gasteiger charge is 2.46. The SMILES string of the molecule is CC(C)(C)NC(=O)C1(C2CCCCC2)CCCCC1. The van der Waals surface area contributed by atoms with Crippen LogP contribution in [-0.2, 0) is 4.79 Å². The summed E-state index contributed by atoms with van der Waals surface area (Å²) in [5.41, 5.74) is -0.137. The molecule has 0 saturated heterocycles. The lowest BCUT2D eigenvalue weighted by Crippen LogP contribution is -2.53. The molecular weight excluding hydrogens is 234 g/mol. The van der Waals surface area contributed by atoms with Gasteiger partial charge in [0.2, 0.25) is 5.91 Å². The Hall–Kier alpha value is -0.530. The fourth-order valence-corrected chi connectivity index (χ4v) is 4.12. The van der Waals surface area contributed by atoms with Crippen molar-refractivity contribution in [1.82, 2.24) is 5.32 Å². The van der Waals surface area contributed by atoms with E-state index >= 15 is 0 Å². The third kappa shape index (κ3) is 3.52. The Bertz CT molecular complexity index is 304. The van der Waals surface area contributed by atoms with Gasteiger partial charge in [-0.3, -0.25) is 4.79 Å². The molecule has 0 spiro atoms. The summed E-state index contributed by atoms with van der Waals surface area (Å²) >= 11 is 0. The van der Waals surface area contributed by atoms with E-state index in [-0.39, 0.29) is 11.0 Å². The van der Waals surface area contributed by atoms with E-state index in [9.17, 15) is 4.79 Å². The molecule has 19 heavy (non-hydrogen) atoms. The first-order valence-electron chi connectivity index (χ1n) is 8.27. The number of carbonyl (C=O) groups is 1. The first kappa shape index (κ1) is 14.9. The normalized spacial score (nSPS) is 25.0. The van der Waals surface area contributed by atoms with Gasteiger partial charge in [0.25, 0.3) is 0 Å². The molecule has 0 aliphatic heterocycles. The Labute approximate surface area is 118 Å². The molecule has 2 fully saturated rings. The molecule has 0 aromatic rings. The molecule has 2 saturated carbocycles. The van der Waals surface area contributed by atoms with Crippen molar-refractivity contribution in [2.24, 2.45) is 11.3 Å². The zero-order valence-electron chi connectivity index (χ0n) is 13.1. The van der Waals surface area contributed by atoms with E-state index in [2.05, 4.69) is 26.1 Å². The Morgan fingerprint density at radius 1 is 0.947 bits per heavy atom. The molecule has 2 nitrogen and oxygen atoms in total. The lowest BCUT2D eigenvalue weighted by molar-refractivity contribution is -0.139. The van der Waals surface area contributed by atoms with Crippen LogP contribution in [-0.4, -0.2) is 11.4 Å². The molecule has 0 aromatic heterocycles. The molecular formula is C17H31NO. The van der Waals surface area contributed by atoms with Crippen LogP contribution in [0.3, 0.4) is 0 Å². The Morgan fingerprint density at radius 3 is 2.00 bits per heavy atom. The molecule has 0 radical (unpaired) electrons. The maximum absolute atomic E-state index is 12.9. The number of hydrogen-bond donors (Lipinski definition) is 1. The van der Waals surface area contributed by atoms with Gasteiger partial charge in [0.05, 0.1) is 5.41 Å². The summed E-state index contributed by atoms with van der Waals surface area (Å²) in [7, 11) is 0. The van der Waals surface area contributed by atoms with Gasteiger partial charge in [-0.25, -0.2) is 0 Å². The monoisotopic (exact) mass is 265 g/mol. The number of carbonyl (C=O) groups excluding carboxylic acids is 1. The van der Waals surface area contributed by atoms with Crippen molar-refractivity contribution in [3.05, 3.63) is 0 Å². The van der Waals surface area contributed by atoms with E-state index in [1.54, 1.807) is 0 Å². The first-order valence-corrected chi connectivity index (χ1v) is 8.27. The van der Waals surface area contributed by atoms with Gasteiger partial charge in [0, 0.05) is 5.54 Å². The molecule has 0 heterocycles. The molecule has 1 amide bonds. The Morgan fingerprint density at radius 2 is 1.47 bits per heavy atom. The van der Waals surface area contributed by atoms with Gasteiger partial charge in [-0.05, 0) is 52.4 Å². The second-order valence-electron chi connectivity index (χ2n) is 7.76. The van der Waals surface area contributed by atoms with Gasteiger partial charge in [-0.1, -0.05) is 38.5 Å². The summed E-state index contributed by atoms with van der Waals surface area (Å²) in [5.74, 6) is 0.996. The van der Waals surface area contributed by atoms with Crippen LogP contribution in [0.5, 0.6) is 0 Å². The molecule has 2 heteroatoms. The van der Waals surface area contributed by atoms with E-state index in [4.69, 9.17) is 0 Å². The minimum absolute atomic E-state index is 0.0358. The second kappa shape index (κ2) is 5.85. The van der Waals surface area contributed by atoms with Crippen molar-refractivity contribution >= 4 is 5.91 Å². The minimum Gasteiger partial charge on any atom is -0.351 e. The van der Waals surface area contributed by atoms with Gasteiger partial charge < -0.3 is 5.32 Å². The van der Waals surface area contributed by atoms with Crippen molar-refractivity contribution in [1.29, 1.82) is 0 Å². The quantitative estimate of drug-likeness (QED) is 0.786. The summed E-state index contributed by atoms with van der Waals surface area (Å²) in [6.45, 7) is 6.30. The first-order chi connectivity index (χ1) is 8.94. The average molecular weight is 265 g/mol. The number of amides is 1. The Kier molecular flexibility index (Phi) is 4.58. The molecule has 1 N–H and O–H groups in total. The highest BCUT2D eigenvalue weighted by atomic mass is 16.2. The van der Waals surface area contributed by atoms with Gasteiger partial charge in [-0.15, -0.1) is 0 Å². The van der Waals surface area contributed by atoms with Crippen LogP contribution in [0.1, 0.15) is 85.0 Å². The summed E-state index contributed by atoms with van der Waals surface area (Å²) in [5, 5.41) is 3.29. The van der Waals surface area contributed by atoms with Crippen LogP contribution in [0, 0.1) is 11.3 Å². The fraction of sp³-hybridized carbons (Fsp3) is 0.941. The topological polar surface area (TPSA) is 29.1 Å². The molecule has 110 valence electrons. The van der Waals surface area contributed by atoms with Gasteiger partial charge in [0.15, 0.2) is 0 Å². The van der Waals surface area contributed by atoms with Crippen molar-refractivity contribution in [2.45, 2.75) is 90.5 Å². The predicted molar refractivity (Wildman–Crippen MR) is 80.0 cm³/mol. The van der Waals surface area contributed by atoms with Crippen LogP contribution in [0.4, 0.5) is 0 Å². The van der Waals surface area contributed by atoms with Gasteiger partial charge in [0.1, 0.15) is 0 Å². The maximum atomic E-state index is 12.9. The van der Waals surface area contributed by atoms with Crippen LogP contribution < -0.4 is 5.32 Å². The summed E-state index contributed by atoms with van der Waals surface area (Å²) in [6, 6.07) is 0. The smallest absolute Gasteiger partial charge is 0.226 e.